The number of benzene rings is 2. The molecule has 0 spiro atoms. The van der Waals surface area contributed by atoms with Crippen LogP contribution in [0.1, 0.15) is 28.4 Å². The molecule has 20 heavy (non-hydrogen) atoms. The number of rotatable bonds is 5. The summed E-state index contributed by atoms with van der Waals surface area (Å²) >= 11 is 6.84. The van der Waals surface area contributed by atoms with Crippen molar-refractivity contribution in [3.05, 3.63) is 62.0 Å². The highest BCUT2D eigenvalue weighted by Gasteiger charge is 2.09. The van der Waals surface area contributed by atoms with Crippen LogP contribution in [0.4, 0.5) is 0 Å². The van der Waals surface area contributed by atoms with E-state index in [0.29, 0.717) is 17.9 Å². The first-order chi connectivity index (χ1) is 9.63. The van der Waals surface area contributed by atoms with Gasteiger partial charge in [0, 0.05) is 5.56 Å². The third-order valence-electron chi connectivity index (χ3n) is 2.97. The van der Waals surface area contributed by atoms with E-state index < -0.39 is 0 Å². The minimum Gasteiger partial charge on any atom is -0.487 e. The van der Waals surface area contributed by atoms with E-state index in [4.69, 9.17) is 4.74 Å². The molecule has 0 saturated heterocycles. The van der Waals surface area contributed by atoms with Gasteiger partial charge >= 0.3 is 0 Å². The van der Waals surface area contributed by atoms with Crippen molar-refractivity contribution in [1.29, 1.82) is 0 Å². The fourth-order valence-corrected chi connectivity index (χ4v) is 3.26. The Morgan fingerprint density at radius 3 is 2.10 bits per heavy atom. The van der Waals surface area contributed by atoms with Crippen molar-refractivity contribution in [2.24, 2.45) is 0 Å². The first kappa shape index (κ1) is 15.3. The standard InChI is InChI=1S/C16H14Br2O2/c1-2-11-3-5-12(6-4-11)10-20-16-14(17)7-13(9-19)8-15(16)18/h3-9H,2,10H2,1H3. The van der Waals surface area contributed by atoms with Crippen LogP contribution in [0.25, 0.3) is 0 Å². The summed E-state index contributed by atoms with van der Waals surface area (Å²) < 4.78 is 7.34. The molecule has 0 aliphatic carbocycles. The van der Waals surface area contributed by atoms with E-state index in [1.807, 2.05) is 0 Å². The average Bonchev–Trinajstić information content (AvgIpc) is 2.46. The lowest BCUT2D eigenvalue weighted by atomic mass is 10.1. The summed E-state index contributed by atoms with van der Waals surface area (Å²) in [4.78, 5) is 10.8. The van der Waals surface area contributed by atoms with Crippen LogP contribution in [-0.2, 0) is 13.0 Å². The summed E-state index contributed by atoms with van der Waals surface area (Å²) in [6.07, 6.45) is 1.84. The second kappa shape index (κ2) is 7.04. The third kappa shape index (κ3) is 3.70. The number of hydrogen-bond donors (Lipinski definition) is 0. The van der Waals surface area contributed by atoms with E-state index in [0.717, 1.165) is 27.2 Å². The van der Waals surface area contributed by atoms with Gasteiger partial charge in [-0.3, -0.25) is 4.79 Å². The highest BCUT2D eigenvalue weighted by Crippen LogP contribution is 2.34. The highest BCUT2D eigenvalue weighted by atomic mass is 79.9. The van der Waals surface area contributed by atoms with E-state index in [2.05, 4.69) is 63.0 Å². The maximum absolute atomic E-state index is 10.8. The molecule has 2 rings (SSSR count). The van der Waals surface area contributed by atoms with Gasteiger partial charge in [-0.05, 0) is 61.5 Å². The molecular weight excluding hydrogens is 384 g/mol. The van der Waals surface area contributed by atoms with Gasteiger partial charge in [0.25, 0.3) is 0 Å². The van der Waals surface area contributed by atoms with Crippen LogP contribution in [-0.4, -0.2) is 6.29 Å². The smallest absolute Gasteiger partial charge is 0.150 e. The molecule has 0 saturated carbocycles. The first-order valence-corrected chi connectivity index (χ1v) is 7.87. The Morgan fingerprint density at radius 2 is 1.60 bits per heavy atom. The quantitative estimate of drug-likeness (QED) is 0.651. The Morgan fingerprint density at radius 1 is 1.05 bits per heavy atom. The van der Waals surface area contributed by atoms with Crippen LogP contribution in [0.15, 0.2) is 45.3 Å². The van der Waals surface area contributed by atoms with Crippen LogP contribution >= 0.6 is 31.9 Å². The second-order valence-electron chi connectivity index (χ2n) is 4.39. The molecular formula is C16H14Br2O2. The Hall–Kier alpha value is -1.13. The normalized spacial score (nSPS) is 10.3. The van der Waals surface area contributed by atoms with Gasteiger partial charge in [0.1, 0.15) is 18.6 Å². The number of aldehydes is 1. The van der Waals surface area contributed by atoms with E-state index in [9.17, 15) is 4.79 Å². The molecule has 0 aliphatic heterocycles. The van der Waals surface area contributed by atoms with E-state index in [-0.39, 0.29) is 0 Å². The van der Waals surface area contributed by atoms with Gasteiger partial charge in [-0.1, -0.05) is 31.2 Å². The van der Waals surface area contributed by atoms with Crippen molar-refractivity contribution in [3.63, 3.8) is 0 Å². The number of carbonyl (C=O) groups excluding carboxylic acids is 1. The summed E-state index contributed by atoms with van der Waals surface area (Å²) in [7, 11) is 0. The number of aryl methyl sites for hydroxylation is 1. The van der Waals surface area contributed by atoms with Gasteiger partial charge in [-0.15, -0.1) is 0 Å². The van der Waals surface area contributed by atoms with Crippen molar-refractivity contribution in [2.75, 3.05) is 0 Å². The van der Waals surface area contributed by atoms with Gasteiger partial charge < -0.3 is 4.74 Å². The number of ether oxygens (including phenoxy) is 1. The molecule has 0 radical (unpaired) electrons. The zero-order valence-electron chi connectivity index (χ0n) is 11.0. The third-order valence-corrected chi connectivity index (χ3v) is 4.15. The van der Waals surface area contributed by atoms with Crippen molar-refractivity contribution in [2.45, 2.75) is 20.0 Å². The predicted octanol–water partition coefficient (Wildman–Crippen LogP) is 5.17. The zero-order chi connectivity index (χ0) is 14.5. The molecule has 0 unspecified atom stereocenters. The minimum atomic E-state index is 0.488. The molecule has 0 amide bonds. The molecule has 0 heterocycles. The Kier molecular flexibility index (Phi) is 5.38. The first-order valence-electron chi connectivity index (χ1n) is 6.29. The topological polar surface area (TPSA) is 26.3 Å². The van der Waals surface area contributed by atoms with Crippen LogP contribution in [0, 0.1) is 0 Å². The molecule has 0 aliphatic rings. The monoisotopic (exact) mass is 396 g/mol. The molecule has 2 nitrogen and oxygen atoms in total. The Bertz CT molecular complexity index is 583. The van der Waals surface area contributed by atoms with Gasteiger partial charge in [-0.2, -0.15) is 0 Å². The SMILES string of the molecule is CCc1ccc(COc2c(Br)cc(C=O)cc2Br)cc1. The van der Waals surface area contributed by atoms with Crippen LogP contribution < -0.4 is 4.74 Å². The lowest BCUT2D eigenvalue weighted by Gasteiger charge is -2.11. The molecule has 104 valence electrons. The number of hydrogen-bond acceptors (Lipinski definition) is 2. The summed E-state index contributed by atoms with van der Waals surface area (Å²) in [5.74, 6) is 0.704. The Labute approximate surface area is 135 Å². The fourth-order valence-electron chi connectivity index (χ4n) is 1.81. The van der Waals surface area contributed by atoms with Gasteiger partial charge in [0.15, 0.2) is 0 Å². The molecule has 2 aromatic rings. The molecule has 0 N–H and O–H groups in total. The summed E-state index contributed by atoms with van der Waals surface area (Å²) in [5.41, 5.74) is 3.02. The zero-order valence-corrected chi connectivity index (χ0v) is 14.2. The largest absolute Gasteiger partial charge is 0.487 e. The van der Waals surface area contributed by atoms with Crippen LogP contribution in [0.3, 0.4) is 0 Å². The molecule has 4 heteroatoms. The van der Waals surface area contributed by atoms with Crippen molar-refractivity contribution < 1.29 is 9.53 Å². The van der Waals surface area contributed by atoms with Gasteiger partial charge in [0.2, 0.25) is 0 Å². The number of carbonyl (C=O) groups is 1. The van der Waals surface area contributed by atoms with Crippen molar-refractivity contribution in [1.82, 2.24) is 0 Å². The minimum absolute atomic E-state index is 0.488. The van der Waals surface area contributed by atoms with E-state index in [1.54, 1.807) is 12.1 Å². The van der Waals surface area contributed by atoms with Crippen molar-refractivity contribution >= 4 is 38.1 Å². The van der Waals surface area contributed by atoms with Crippen molar-refractivity contribution in [3.8, 4) is 5.75 Å². The van der Waals surface area contributed by atoms with E-state index in [1.165, 1.54) is 5.56 Å². The summed E-state index contributed by atoms with van der Waals surface area (Å²) in [6.45, 7) is 2.62. The lowest BCUT2D eigenvalue weighted by molar-refractivity contribution is 0.112. The lowest BCUT2D eigenvalue weighted by Crippen LogP contribution is -1.98. The fraction of sp³-hybridized carbons (Fsp3) is 0.188. The second-order valence-corrected chi connectivity index (χ2v) is 6.10. The predicted molar refractivity (Wildman–Crippen MR) is 87.4 cm³/mol. The molecule has 0 aromatic heterocycles. The average molecular weight is 398 g/mol. The van der Waals surface area contributed by atoms with Crippen LogP contribution in [0.2, 0.25) is 0 Å². The molecule has 0 fully saturated rings. The van der Waals surface area contributed by atoms with Gasteiger partial charge in [-0.25, -0.2) is 0 Å². The highest BCUT2D eigenvalue weighted by molar-refractivity contribution is 9.11. The molecule has 0 atom stereocenters. The Balaban J connectivity index is 2.12. The maximum atomic E-state index is 10.8. The summed E-state index contributed by atoms with van der Waals surface area (Å²) in [5, 5.41) is 0. The maximum Gasteiger partial charge on any atom is 0.150 e. The van der Waals surface area contributed by atoms with Gasteiger partial charge in [0.05, 0.1) is 8.95 Å². The van der Waals surface area contributed by atoms with Crippen LogP contribution in [0.5, 0.6) is 5.75 Å². The molecule has 2 aromatic carbocycles. The van der Waals surface area contributed by atoms with E-state index >= 15 is 0 Å². The summed E-state index contributed by atoms with van der Waals surface area (Å²) in [6, 6.07) is 11.8. The number of halogens is 2. The molecule has 0 bridgehead atoms.